The first kappa shape index (κ1) is 22.4. The average molecular weight is 480 g/mol. The Bertz CT molecular complexity index is 1130. The standard InChI is InChI=1S/C23H17ClF3NO3S/c24-15-6-8-18(17(12-15)23(25,26)27)28-22(29)21(14-4-2-1-3-5-14)32-16-7-9-19-20(13-16)31-11-10-30-19/h1-9,12-13,21H,10-11H2,(H,28,29)/t21-/m1/s1. The third-order valence-electron chi connectivity index (χ3n) is 4.65. The molecular weight excluding hydrogens is 463 g/mol. The Kier molecular flexibility index (Phi) is 6.53. The van der Waals surface area contributed by atoms with Crippen molar-refractivity contribution in [3.63, 3.8) is 0 Å². The molecule has 0 aliphatic carbocycles. The van der Waals surface area contributed by atoms with Crippen LogP contribution in [0.3, 0.4) is 0 Å². The number of nitrogens with one attached hydrogen (secondary N) is 1. The summed E-state index contributed by atoms with van der Waals surface area (Å²) in [5.41, 5.74) is -0.711. The van der Waals surface area contributed by atoms with Gasteiger partial charge in [0.1, 0.15) is 18.5 Å². The Morgan fingerprint density at radius 1 is 0.969 bits per heavy atom. The third-order valence-corrected chi connectivity index (χ3v) is 6.14. The molecule has 0 bridgehead atoms. The second kappa shape index (κ2) is 9.34. The highest BCUT2D eigenvalue weighted by Crippen LogP contribution is 2.42. The zero-order valence-electron chi connectivity index (χ0n) is 16.5. The zero-order valence-corrected chi connectivity index (χ0v) is 18.1. The summed E-state index contributed by atoms with van der Waals surface area (Å²) in [5.74, 6) is 0.576. The normalized spacial score (nSPS) is 14.0. The van der Waals surface area contributed by atoms with Gasteiger partial charge >= 0.3 is 6.18 Å². The number of alkyl halides is 3. The molecule has 0 spiro atoms. The molecule has 1 aliphatic rings. The largest absolute Gasteiger partial charge is 0.486 e. The molecule has 9 heteroatoms. The van der Waals surface area contributed by atoms with Crippen molar-refractivity contribution in [2.24, 2.45) is 0 Å². The molecule has 3 aromatic rings. The van der Waals surface area contributed by atoms with Gasteiger partial charge in [0.05, 0.1) is 11.3 Å². The summed E-state index contributed by atoms with van der Waals surface area (Å²) in [4.78, 5) is 13.9. The van der Waals surface area contributed by atoms with Crippen molar-refractivity contribution in [1.82, 2.24) is 0 Å². The molecule has 1 N–H and O–H groups in total. The Balaban J connectivity index is 1.64. The molecule has 4 nitrogen and oxygen atoms in total. The van der Waals surface area contributed by atoms with Gasteiger partial charge in [-0.25, -0.2) is 0 Å². The predicted octanol–water partition coefficient (Wildman–Crippen LogP) is 6.60. The van der Waals surface area contributed by atoms with E-state index >= 15 is 0 Å². The second-order valence-electron chi connectivity index (χ2n) is 6.89. The molecule has 4 rings (SSSR count). The highest BCUT2D eigenvalue weighted by Gasteiger charge is 2.35. The Hall–Kier alpha value is -2.84. The van der Waals surface area contributed by atoms with Gasteiger partial charge in [-0.1, -0.05) is 41.9 Å². The van der Waals surface area contributed by atoms with E-state index in [0.29, 0.717) is 35.2 Å². The van der Waals surface area contributed by atoms with Crippen molar-refractivity contribution in [3.8, 4) is 11.5 Å². The number of carbonyl (C=O) groups excluding carboxylic acids is 1. The van der Waals surface area contributed by atoms with E-state index in [1.165, 1.54) is 17.8 Å². The van der Waals surface area contributed by atoms with Crippen LogP contribution in [0.25, 0.3) is 0 Å². The van der Waals surface area contributed by atoms with Gasteiger partial charge in [-0.3, -0.25) is 4.79 Å². The van der Waals surface area contributed by atoms with E-state index in [1.807, 2.05) is 0 Å². The lowest BCUT2D eigenvalue weighted by Gasteiger charge is -2.21. The van der Waals surface area contributed by atoms with Crippen LogP contribution in [0.4, 0.5) is 18.9 Å². The maximum atomic E-state index is 13.5. The van der Waals surface area contributed by atoms with Crippen molar-refractivity contribution in [2.45, 2.75) is 16.3 Å². The number of fused-ring (bicyclic) bond motifs is 1. The number of thioether (sulfide) groups is 1. The third kappa shape index (κ3) is 5.14. The molecule has 1 heterocycles. The first-order valence-corrected chi connectivity index (χ1v) is 10.9. The highest BCUT2D eigenvalue weighted by molar-refractivity contribution is 8.00. The fourth-order valence-electron chi connectivity index (χ4n) is 3.19. The number of hydrogen-bond donors (Lipinski definition) is 1. The summed E-state index contributed by atoms with van der Waals surface area (Å²) >= 11 is 6.95. The summed E-state index contributed by atoms with van der Waals surface area (Å²) < 4.78 is 51.5. The van der Waals surface area contributed by atoms with E-state index in [4.69, 9.17) is 21.1 Å². The highest BCUT2D eigenvalue weighted by atomic mass is 35.5. The van der Waals surface area contributed by atoms with Crippen LogP contribution < -0.4 is 14.8 Å². The van der Waals surface area contributed by atoms with Crippen molar-refractivity contribution in [3.05, 3.63) is 82.9 Å². The van der Waals surface area contributed by atoms with Crippen LogP contribution in [0.1, 0.15) is 16.4 Å². The van der Waals surface area contributed by atoms with E-state index in [-0.39, 0.29) is 10.7 Å². The summed E-state index contributed by atoms with van der Waals surface area (Å²) in [5, 5.41) is 1.55. The maximum absolute atomic E-state index is 13.5. The van der Waals surface area contributed by atoms with Gasteiger partial charge in [0, 0.05) is 9.92 Å². The number of carbonyl (C=O) groups is 1. The number of ether oxygens (including phenoxy) is 2. The van der Waals surface area contributed by atoms with E-state index in [0.717, 1.165) is 12.1 Å². The molecule has 0 radical (unpaired) electrons. The maximum Gasteiger partial charge on any atom is 0.418 e. The van der Waals surface area contributed by atoms with E-state index < -0.39 is 22.9 Å². The molecule has 1 aliphatic heterocycles. The molecule has 1 amide bonds. The smallest absolute Gasteiger partial charge is 0.418 e. The monoisotopic (exact) mass is 479 g/mol. The first-order chi connectivity index (χ1) is 15.3. The van der Waals surface area contributed by atoms with Crippen molar-refractivity contribution in [2.75, 3.05) is 18.5 Å². The molecule has 0 fully saturated rings. The number of halogens is 4. The number of anilines is 1. The number of amides is 1. The lowest BCUT2D eigenvalue weighted by atomic mass is 10.1. The number of benzene rings is 3. The van der Waals surface area contributed by atoms with Crippen LogP contribution in [0.15, 0.2) is 71.6 Å². The van der Waals surface area contributed by atoms with Crippen LogP contribution in [0.2, 0.25) is 5.02 Å². The summed E-state index contributed by atoms with van der Waals surface area (Å²) in [6.45, 7) is 0.873. The number of hydrogen-bond acceptors (Lipinski definition) is 4. The average Bonchev–Trinajstić information content (AvgIpc) is 2.78. The van der Waals surface area contributed by atoms with E-state index in [1.54, 1.807) is 48.5 Å². The lowest BCUT2D eigenvalue weighted by molar-refractivity contribution is -0.137. The summed E-state index contributed by atoms with van der Waals surface area (Å²) in [7, 11) is 0. The van der Waals surface area contributed by atoms with Gasteiger partial charge in [-0.05, 0) is 42.0 Å². The number of rotatable bonds is 5. The fourth-order valence-corrected chi connectivity index (χ4v) is 4.42. The topological polar surface area (TPSA) is 47.6 Å². The van der Waals surface area contributed by atoms with Gasteiger partial charge in [-0.2, -0.15) is 13.2 Å². The van der Waals surface area contributed by atoms with E-state index in [9.17, 15) is 18.0 Å². The Morgan fingerprint density at radius 3 is 2.41 bits per heavy atom. The molecule has 0 unspecified atom stereocenters. The molecule has 3 aromatic carbocycles. The predicted molar refractivity (Wildman–Crippen MR) is 118 cm³/mol. The van der Waals surface area contributed by atoms with Crippen molar-refractivity contribution in [1.29, 1.82) is 0 Å². The minimum Gasteiger partial charge on any atom is -0.486 e. The second-order valence-corrected chi connectivity index (χ2v) is 8.51. The summed E-state index contributed by atoms with van der Waals surface area (Å²) in [6, 6.07) is 17.4. The van der Waals surface area contributed by atoms with Crippen LogP contribution >= 0.6 is 23.4 Å². The van der Waals surface area contributed by atoms with Crippen LogP contribution in [0, 0.1) is 0 Å². The molecule has 1 atom stereocenters. The SMILES string of the molecule is O=C(Nc1ccc(Cl)cc1C(F)(F)F)[C@H](Sc1ccc2c(c1)OCCO2)c1ccccc1. The zero-order chi connectivity index (χ0) is 22.7. The fraction of sp³-hybridized carbons (Fsp3) is 0.174. The Labute approximate surface area is 191 Å². The molecule has 32 heavy (non-hydrogen) atoms. The molecule has 0 aromatic heterocycles. The minimum atomic E-state index is -4.67. The quantitative estimate of drug-likeness (QED) is 0.419. The van der Waals surface area contributed by atoms with E-state index in [2.05, 4.69) is 5.32 Å². The molecule has 0 saturated heterocycles. The van der Waals surface area contributed by atoms with Crippen LogP contribution in [-0.2, 0) is 11.0 Å². The summed E-state index contributed by atoms with van der Waals surface area (Å²) in [6.07, 6.45) is -4.67. The van der Waals surface area contributed by atoms with Crippen molar-refractivity contribution < 1.29 is 27.4 Å². The van der Waals surface area contributed by atoms with Gasteiger partial charge in [-0.15, -0.1) is 11.8 Å². The van der Waals surface area contributed by atoms with Crippen LogP contribution in [-0.4, -0.2) is 19.1 Å². The van der Waals surface area contributed by atoms with Gasteiger partial charge in [0.15, 0.2) is 11.5 Å². The molecule has 166 valence electrons. The molecule has 0 saturated carbocycles. The van der Waals surface area contributed by atoms with Crippen molar-refractivity contribution >= 4 is 35.0 Å². The first-order valence-electron chi connectivity index (χ1n) is 9.60. The molecular formula is C23H17ClF3NO3S. The lowest BCUT2D eigenvalue weighted by Crippen LogP contribution is -2.21. The Morgan fingerprint density at radius 2 is 1.69 bits per heavy atom. The van der Waals surface area contributed by atoms with Gasteiger partial charge in [0.25, 0.3) is 0 Å². The van der Waals surface area contributed by atoms with Crippen LogP contribution in [0.5, 0.6) is 11.5 Å². The minimum absolute atomic E-state index is 0.0689. The van der Waals surface area contributed by atoms with Gasteiger partial charge < -0.3 is 14.8 Å². The van der Waals surface area contributed by atoms with Gasteiger partial charge in [0.2, 0.25) is 5.91 Å².